The Labute approximate surface area is 185 Å². The molecule has 0 saturated heterocycles. The van der Waals surface area contributed by atoms with Crippen LogP contribution in [0.3, 0.4) is 0 Å². The molecule has 2 amide bonds. The van der Waals surface area contributed by atoms with Crippen molar-refractivity contribution in [2.75, 3.05) is 20.8 Å². The number of ether oxygens (including phenoxy) is 3. The third-order valence-electron chi connectivity index (χ3n) is 4.38. The predicted octanol–water partition coefficient (Wildman–Crippen LogP) is 0.968. The fraction of sp³-hybridized carbons (Fsp3) is 0.364. The number of esters is 1. The zero-order valence-corrected chi connectivity index (χ0v) is 17.9. The van der Waals surface area contributed by atoms with Gasteiger partial charge in [-0.05, 0) is 11.1 Å². The van der Waals surface area contributed by atoms with Crippen LogP contribution >= 0.6 is 0 Å². The van der Waals surface area contributed by atoms with Gasteiger partial charge >= 0.3 is 12.1 Å². The van der Waals surface area contributed by atoms with Gasteiger partial charge in [-0.3, -0.25) is 4.79 Å². The first-order valence-electron chi connectivity index (χ1n) is 9.90. The average Bonchev–Trinajstić information content (AvgIpc) is 2.81. The normalized spacial score (nSPS) is 12.2. The number of aliphatic hydroxyl groups excluding tert-OH is 1. The summed E-state index contributed by atoms with van der Waals surface area (Å²) in [4.78, 5) is 40.1. The van der Waals surface area contributed by atoms with Crippen molar-refractivity contribution in [1.29, 1.82) is 0 Å². The van der Waals surface area contributed by atoms with Gasteiger partial charge in [0.1, 0.15) is 12.6 Å². The van der Waals surface area contributed by atoms with E-state index in [4.69, 9.17) is 14.2 Å². The highest BCUT2D eigenvalue weighted by Crippen LogP contribution is 2.10. The van der Waals surface area contributed by atoms with E-state index >= 15 is 0 Å². The second kappa shape index (κ2) is 12.9. The summed E-state index contributed by atoms with van der Waals surface area (Å²) in [6, 6.07) is 11.5. The molecule has 2 atom stereocenters. The number of carbonyl (C=O) groups excluding carboxylic acids is 3. The molecule has 0 unspecified atom stereocenters. The standard InChI is InChI=1S/C22H27N3O7/c1-30-20-9-8-16(12-23-20)10-18(21(28)31-2)25-19(27)11-17(26)13-24-22(29)32-14-15-6-4-3-5-7-15/h3-9,12,17-18,26H,10-11,13-14H2,1-2H3,(H,24,29)(H,25,27)/t17-,18+/m0/s1. The highest BCUT2D eigenvalue weighted by atomic mass is 16.5. The monoisotopic (exact) mass is 445 g/mol. The van der Waals surface area contributed by atoms with Crippen LogP contribution in [0, 0.1) is 0 Å². The number of amides is 2. The molecule has 10 heteroatoms. The first-order valence-corrected chi connectivity index (χ1v) is 9.90. The van der Waals surface area contributed by atoms with E-state index in [0.29, 0.717) is 11.4 Å². The maximum Gasteiger partial charge on any atom is 0.407 e. The number of hydrogen-bond acceptors (Lipinski definition) is 8. The lowest BCUT2D eigenvalue weighted by Gasteiger charge is -2.18. The third-order valence-corrected chi connectivity index (χ3v) is 4.38. The lowest BCUT2D eigenvalue weighted by molar-refractivity contribution is -0.145. The van der Waals surface area contributed by atoms with E-state index in [2.05, 4.69) is 15.6 Å². The number of aliphatic hydroxyl groups is 1. The van der Waals surface area contributed by atoms with Crippen molar-refractivity contribution in [3.63, 3.8) is 0 Å². The summed E-state index contributed by atoms with van der Waals surface area (Å²) < 4.78 is 14.8. The Kier molecular flexibility index (Phi) is 9.92. The summed E-state index contributed by atoms with van der Waals surface area (Å²) in [5, 5.41) is 15.0. The van der Waals surface area contributed by atoms with Crippen molar-refractivity contribution in [3.8, 4) is 5.88 Å². The van der Waals surface area contributed by atoms with Gasteiger partial charge in [0.25, 0.3) is 0 Å². The molecular formula is C22H27N3O7. The Morgan fingerprint density at radius 1 is 1.06 bits per heavy atom. The minimum Gasteiger partial charge on any atom is -0.481 e. The number of methoxy groups -OCH3 is 2. The summed E-state index contributed by atoms with van der Waals surface area (Å²) in [6.07, 6.45) is -0.531. The lowest BCUT2D eigenvalue weighted by atomic mass is 10.1. The van der Waals surface area contributed by atoms with Crippen molar-refractivity contribution >= 4 is 18.0 Å². The Balaban J connectivity index is 1.77. The fourth-order valence-corrected chi connectivity index (χ4v) is 2.74. The molecule has 0 aliphatic heterocycles. The van der Waals surface area contributed by atoms with Crippen LogP contribution in [0.1, 0.15) is 17.5 Å². The van der Waals surface area contributed by atoms with Crippen LogP contribution in [0.2, 0.25) is 0 Å². The smallest absolute Gasteiger partial charge is 0.407 e. The summed E-state index contributed by atoms with van der Waals surface area (Å²) in [6.45, 7) is -0.101. The molecule has 1 aromatic carbocycles. The highest BCUT2D eigenvalue weighted by molar-refractivity contribution is 5.84. The largest absolute Gasteiger partial charge is 0.481 e. The van der Waals surface area contributed by atoms with E-state index in [1.807, 2.05) is 30.3 Å². The molecule has 0 bridgehead atoms. The first kappa shape index (κ1) is 24.6. The Morgan fingerprint density at radius 2 is 1.81 bits per heavy atom. The molecule has 0 fully saturated rings. The summed E-state index contributed by atoms with van der Waals surface area (Å²) in [5.74, 6) is -0.787. The molecular weight excluding hydrogens is 418 g/mol. The Bertz CT molecular complexity index is 875. The second-order valence-electron chi connectivity index (χ2n) is 6.86. The minimum absolute atomic E-state index is 0.0876. The number of pyridine rings is 1. The van der Waals surface area contributed by atoms with E-state index in [0.717, 1.165) is 5.56 Å². The number of aromatic nitrogens is 1. The van der Waals surface area contributed by atoms with Crippen molar-refractivity contribution in [1.82, 2.24) is 15.6 Å². The quantitative estimate of drug-likeness (QED) is 0.435. The molecule has 1 heterocycles. The molecule has 3 N–H and O–H groups in total. The van der Waals surface area contributed by atoms with E-state index in [1.165, 1.54) is 20.4 Å². The molecule has 0 spiro atoms. The van der Waals surface area contributed by atoms with E-state index < -0.39 is 30.1 Å². The zero-order chi connectivity index (χ0) is 23.3. The molecule has 0 aliphatic rings. The molecule has 0 aliphatic carbocycles. The fourth-order valence-electron chi connectivity index (χ4n) is 2.74. The van der Waals surface area contributed by atoms with Crippen molar-refractivity contribution in [2.45, 2.75) is 31.6 Å². The lowest BCUT2D eigenvalue weighted by Crippen LogP contribution is -2.45. The number of nitrogens with zero attached hydrogens (tertiary/aromatic N) is 1. The Hall–Kier alpha value is -3.66. The molecule has 0 radical (unpaired) electrons. The maximum absolute atomic E-state index is 12.3. The van der Waals surface area contributed by atoms with Gasteiger partial charge in [0.05, 0.1) is 26.7 Å². The van der Waals surface area contributed by atoms with Gasteiger partial charge in [0.15, 0.2) is 0 Å². The molecule has 2 rings (SSSR count). The molecule has 32 heavy (non-hydrogen) atoms. The molecule has 0 saturated carbocycles. The van der Waals surface area contributed by atoms with Crippen LogP contribution in [0.25, 0.3) is 0 Å². The van der Waals surface area contributed by atoms with Gasteiger partial charge in [-0.25, -0.2) is 14.6 Å². The number of carbonyl (C=O) groups is 3. The van der Waals surface area contributed by atoms with Gasteiger partial charge in [0, 0.05) is 25.2 Å². The van der Waals surface area contributed by atoms with Crippen LogP contribution in [0.4, 0.5) is 4.79 Å². The van der Waals surface area contributed by atoms with Crippen molar-refractivity contribution in [2.24, 2.45) is 0 Å². The summed E-state index contributed by atoms with van der Waals surface area (Å²) in [5.41, 5.74) is 1.51. The third kappa shape index (κ3) is 8.60. The predicted molar refractivity (Wildman–Crippen MR) is 114 cm³/mol. The zero-order valence-electron chi connectivity index (χ0n) is 17.9. The Morgan fingerprint density at radius 3 is 2.44 bits per heavy atom. The van der Waals surface area contributed by atoms with E-state index in [1.54, 1.807) is 12.1 Å². The molecule has 1 aromatic heterocycles. The summed E-state index contributed by atoms with van der Waals surface area (Å²) >= 11 is 0. The number of hydrogen-bond donors (Lipinski definition) is 3. The average molecular weight is 445 g/mol. The van der Waals surface area contributed by atoms with Crippen LogP contribution in [0.5, 0.6) is 5.88 Å². The highest BCUT2D eigenvalue weighted by Gasteiger charge is 2.23. The first-order chi connectivity index (χ1) is 15.4. The number of alkyl carbamates (subject to hydrolysis) is 1. The van der Waals surface area contributed by atoms with Gasteiger partial charge in [-0.2, -0.15) is 0 Å². The molecule has 172 valence electrons. The van der Waals surface area contributed by atoms with Crippen LogP contribution < -0.4 is 15.4 Å². The van der Waals surface area contributed by atoms with Crippen LogP contribution in [-0.4, -0.2) is 61.0 Å². The molecule has 10 nitrogen and oxygen atoms in total. The topological polar surface area (TPSA) is 136 Å². The number of rotatable bonds is 11. The van der Waals surface area contributed by atoms with Gasteiger partial charge in [-0.1, -0.05) is 36.4 Å². The van der Waals surface area contributed by atoms with Crippen molar-refractivity contribution in [3.05, 3.63) is 59.8 Å². The second-order valence-corrected chi connectivity index (χ2v) is 6.86. The minimum atomic E-state index is -1.17. The van der Waals surface area contributed by atoms with Crippen LogP contribution in [0.15, 0.2) is 48.7 Å². The van der Waals surface area contributed by atoms with Gasteiger partial charge < -0.3 is 30.0 Å². The van der Waals surface area contributed by atoms with E-state index in [-0.39, 0.29) is 26.0 Å². The summed E-state index contributed by atoms with van der Waals surface area (Å²) in [7, 11) is 2.70. The van der Waals surface area contributed by atoms with Crippen molar-refractivity contribution < 1.29 is 33.7 Å². The maximum atomic E-state index is 12.3. The number of benzene rings is 1. The van der Waals surface area contributed by atoms with Gasteiger partial charge in [0.2, 0.25) is 11.8 Å². The SMILES string of the molecule is COC(=O)[C@@H](Cc1ccc(OC)nc1)NC(=O)C[C@H](O)CNC(=O)OCc1ccccc1. The van der Waals surface area contributed by atoms with Gasteiger partial charge in [-0.15, -0.1) is 0 Å². The molecule has 2 aromatic rings. The van der Waals surface area contributed by atoms with E-state index in [9.17, 15) is 19.5 Å². The van der Waals surface area contributed by atoms with Crippen LogP contribution in [-0.2, 0) is 32.1 Å². The number of nitrogens with one attached hydrogen (secondary N) is 2.